The molecule has 2 N–H and O–H groups in total. The van der Waals surface area contributed by atoms with Crippen LogP contribution in [0.4, 0.5) is 37.7 Å². The lowest BCUT2D eigenvalue weighted by Crippen LogP contribution is -2.04. The SMILES string of the molecule is Nc1ccc(Sc2cccc(C(F)(F)F)c2)c(Cl)c1.O=[N+]([O-])c1ccc(Sc2cccc(C(F)(F)F)c2)c(Cl)c1. The molecule has 4 aromatic carbocycles. The number of nitro groups is 1. The van der Waals surface area contributed by atoms with Crippen molar-refractivity contribution in [3.05, 3.63) is 116 Å². The van der Waals surface area contributed by atoms with Crippen LogP contribution in [0.15, 0.2) is 105 Å². The quantitative estimate of drug-likeness (QED) is 0.102. The minimum atomic E-state index is -4.42. The monoisotopic (exact) mass is 636 g/mol. The first-order valence-corrected chi connectivity index (χ1v) is 13.2. The molecular weight excluding hydrogens is 621 g/mol. The molecule has 0 spiro atoms. The van der Waals surface area contributed by atoms with Crippen molar-refractivity contribution in [1.29, 1.82) is 0 Å². The highest BCUT2D eigenvalue weighted by Gasteiger charge is 2.31. The number of nitrogen functional groups attached to an aromatic ring is 1. The van der Waals surface area contributed by atoms with E-state index in [4.69, 9.17) is 28.9 Å². The third-order valence-corrected chi connectivity index (χ3v) is 7.84. The zero-order chi connectivity index (χ0) is 29.7. The van der Waals surface area contributed by atoms with Gasteiger partial charge in [0.2, 0.25) is 0 Å². The van der Waals surface area contributed by atoms with Gasteiger partial charge in [0.25, 0.3) is 5.69 Å². The van der Waals surface area contributed by atoms with Crippen LogP contribution < -0.4 is 5.73 Å². The van der Waals surface area contributed by atoms with Gasteiger partial charge in [0.1, 0.15) is 0 Å². The van der Waals surface area contributed by atoms with Gasteiger partial charge in [0, 0.05) is 37.4 Å². The summed E-state index contributed by atoms with van der Waals surface area (Å²) in [6, 6.07) is 18.6. The Balaban J connectivity index is 0.000000222. The lowest BCUT2D eigenvalue weighted by atomic mass is 10.2. The molecule has 0 saturated heterocycles. The molecule has 0 unspecified atom stereocenters. The molecule has 14 heteroatoms. The van der Waals surface area contributed by atoms with E-state index in [9.17, 15) is 36.5 Å². The number of anilines is 1. The lowest BCUT2D eigenvalue weighted by molar-refractivity contribution is -0.384. The van der Waals surface area contributed by atoms with Crippen molar-refractivity contribution < 1.29 is 31.3 Å². The molecule has 4 aromatic rings. The first kappa shape index (κ1) is 31.5. The summed E-state index contributed by atoms with van der Waals surface area (Å²) in [4.78, 5) is 11.9. The van der Waals surface area contributed by atoms with Gasteiger partial charge in [-0.25, -0.2) is 0 Å². The average Bonchev–Trinajstić information content (AvgIpc) is 2.87. The van der Waals surface area contributed by atoms with Crippen LogP contribution in [0.1, 0.15) is 11.1 Å². The van der Waals surface area contributed by atoms with Gasteiger partial charge in [-0.3, -0.25) is 10.1 Å². The molecule has 0 aliphatic carbocycles. The van der Waals surface area contributed by atoms with E-state index < -0.39 is 28.4 Å². The van der Waals surface area contributed by atoms with Crippen LogP contribution in [0.2, 0.25) is 10.0 Å². The second-order valence-corrected chi connectivity index (χ2v) is 10.9. The molecule has 0 aliphatic rings. The third-order valence-electron chi connectivity index (χ3n) is 4.86. The first-order chi connectivity index (χ1) is 18.6. The van der Waals surface area contributed by atoms with Gasteiger partial charge in [-0.15, -0.1) is 0 Å². The summed E-state index contributed by atoms with van der Waals surface area (Å²) in [5, 5.41) is 11.1. The van der Waals surface area contributed by atoms with Gasteiger partial charge in [-0.1, -0.05) is 58.9 Å². The van der Waals surface area contributed by atoms with E-state index in [2.05, 4.69) is 0 Å². The predicted molar refractivity (Wildman–Crippen MR) is 145 cm³/mol. The number of hydrogen-bond acceptors (Lipinski definition) is 5. The van der Waals surface area contributed by atoms with Crippen molar-refractivity contribution in [3.63, 3.8) is 0 Å². The van der Waals surface area contributed by atoms with Gasteiger partial charge < -0.3 is 5.73 Å². The summed E-state index contributed by atoms with van der Waals surface area (Å²) in [5.74, 6) is 0. The molecule has 0 bridgehead atoms. The maximum atomic E-state index is 12.6. The van der Waals surface area contributed by atoms with Crippen LogP contribution in [-0.4, -0.2) is 4.92 Å². The molecule has 0 aromatic heterocycles. The molecule has 4 rings (SSSR count). The Bertz CT molecular complexity index is 1520. The fraction of sp³-hybridized carbons (Fsp3) is 0.0769. The summed E-state index contributed by atoms with van der Waals surface area (Å²) in [6.45, 7) is 0. The molecule has 0 aliphatic heterocycles. The number of non-ortho nitro benzene ring substituents is 1. The lowest BCUT2D eigenvalue weighted by Gasteiger charge is -2.09. The number of nitro benzene ring substituents is 1. The Morgan fingerprint density at radius 3 is 1.52 bits per heavy atom. The van der Waals surface area contributed by atoms with Gasteiger partial charge >= 0.3 is 12.4 Å². The van der Waals surface area contributed by atoms with Gasteiger partial charge in [0.15, 0.2) is 0 Å². The smallest absolute Gasteiger partial charge is 0.399 e. The highest BCUT2D eigenvalue weighted by Crippen LogP contribution is 2.39. The Kier molecular flexibility index (Phi) is 10.3. The van der Waals surface area contributed by atoms with Crippen LogP contribution >= 0.6 is 46.7 Å². The number of benzene rings is 4. The Morgan fingerprint density at radius 2 is 1.12 bits per heavy atom. The fourth-order valence-corrected chi connectivity index (χ4v) is 5.36. The third kappa shape index (κ3) is 8.98. The predicted octanol–water partition coefficient (Wildman–Crippen LogP) is 10.5. The molecule has 40 heavy (non-hydrogen) atoms. The van der Waals surface area contributed by atoms with E-state index in [0.717, 1.165) is 42.1 Å². The molecular formula is C26H16Cl2F6N2O2S2. The van der Waals surface area contributed by atoms with E-state index >= 15 is 0 Å². The molecule has 210 valence electrons. The molecule has 4 nitrogen and oxygen atoms in total. The summed E-state index contributed by atoms with van der Waals surface area (Å²) in [7, 11) is 0. The molecule has 0 saturated carbocycles. The van der Waals surface area contributed by atoms with Crippen LogP contribution in [0.3, 0.4) is 0 Å². The van der Waals surface area contributed by atoms with E-state index in [0.29, 0.717) is 30.3 Å². The minimum Gasteiger partial charge on any atom is -0.399 e. The van der Waals surface area contributed by atoms with Gasteiger partial charge in [-0.2, -0.15) is 26.3 Å². The van der Waals surface area contributed by atoms with Gasteiger partial charge in [0.05, 0.1) is 26.1 Å². The van der Waals surface area contributed by atoms with Crippen molar-refractivity contribution in [2.75, 3.05) is 5.73 Å². The second-order valence-electron chi connectivity index (χ2n) is 7.82. The number of hydrogen-bond donors (Lipinski definition) is 1. The Hall–Kier alpha value is -3.06. The largest absolute Gasteiger partial charge is 0.416 e. The normalized spacial score (nSPS) is 11.5. The molecule has 0 radical (unpaired) electrons. The van der Waals surface area contributed by atoms with E-state index in [-0.39, 0.29) is 10.7 Å². The highest BCUT2D eigenvalue weighted by atomic mass is 35.5. The van der Waals surface area contributed by atoms with Gasteiger partial charge in [-0.05, 0) is 60.7 Å². The summed E-state index contributed by atoms with van der Waals surface area (Å²) in [5.41, 5.74) is 4.46. The van der Waals surface area contributed by atoms with E-state index in [1.165, 1.54) is 42.1 Å². The fourth-order valence-electron chi connectivity index (χ4n) is 3.01. The standard InChI is InChI=1S/C13H7ClF3NO2S.C13H9ClF3NS/c14-11-7-9(18(19)20)4-5-12(11)21-10-3-1-2-8(6-10)13(15,16)17;14-11-7-9(18)4-5-12(11)19-10-3-1-2-8(6-10)13(15,16)17/h1-7H;1-7H,18H2. The van der Waals surface area contributed by atoms with Crippen molar-refractivity contribution in [2.24, 2.45) is 0 Å². The van der Waals surface area contributed by atoms with E-state index in [1.807, 2.05) is 0 Å². The van der Waals surface area contributed by atoms with Crippen molar-refractivity contribution in [1.82, 2.24) is 0 Å². The van der Waals surface area contributed by atoms with E-state index in [1.54, 1.807) is 24.3 Å². The number of nitrogens with zero attached hydrogens (tertiary/aromatic N) is 1. The molecule has 0 heterocycles. The van der Waals surface area contributed by atoms with Crippen LogP contribution in [0, 0.1) is 10.1 Å². The molecule has 0 fully saturated rings. The number of alkyl halides is 6. The van der Waals surface area contributed by atoms with Crippen molar-refractivity contribution >= 4 is 58.1 Å². The summed E-state index contributed by atoms with van der Waals surface area (Å²) < 4.78 is 75.6. The first-order valence-electron chi connectivity index (χ1n) is 10.8. The van der Waals surface area contributed by atoms with Crippen LogP contribution in [0.5, 0.6) is 0 Å². The van der Waals surface area contributed by atoms with Crippen molar-refractivity contribution in [2.45, 2.75) is 31.9 Å². The summed E-state index contributed by atoms with van der Waals surface area (Å²) >= 11 is 14.1. The Labute approximate surface area is 242 Å². The van der Waals surface area contributed by atoms with Crippen LogP contribution in [0.25, 0.3) is 0 Å². The number of halogens is 8. The Morgan fingerprint density at radius 1 is 0.675 bits per heavy atom. The zero-order valence-electron chi connectivity index (χ0n) is 19.8. The zero-order valence-corrected chi connectivity index (χ0v) is 22.9. The van der Waals surface area contributed by atoms with Crippen LogP contribution in [-0.2, 0) is 12.4 Å². The topological polar surface area (TPSA) is 69.2 Å². The maximum Gasteiger partial charge on any atom is 0.416 e. The number of rotatable bonds is 5. The average molecular weight is 637 g/mol. The molecule has 0 atom stereocenters. The highest BCUT2D eigenvalue weighted by molar-refractivity contribution is 7.99. The summed E-state index contributed by atoms with van der Waals surface area (Å²) in [6.07, 6.45) is -8.77. The minimum absolute atomic E-state index is 0.117. The number of nitrogens with two attached hydrogens (primary N) is 1. The van der Waals surface area contributed by atoms with Crippen molar-refractivity contribution in [3.8, 4) is 0 Å². The molecule has 0 amide bonds. The second kappa shape index (κ2) is 13.1. The maximum absolute atomic E-state index is 12.6.